The molecule has 0 aliphatic heterocycles. The maximum absolute atomic E-state index is 5.36. The number of rotatable bonds is 4. The molecule has 0 aliphatic rings. The molecular weight excluding hydrogens is 214 g/mol. The molecule has 0 saturated heterocycles. The molecule has 17 heavy (non-hydrogen) atoms. The van der Waals surface area contributed by atoms with Crippen molar-refractivity contribution in [3.05, 3.63) is 41.7 Å². The average Bonchev–Trinajstić information content (AvgIpc) is 2.85. The number of hydrogen-bond donors (Lipinski definition) is 2. The van der Waals surface area contributed by atoms with E-state index in [4.69, 9.17) is 4.74 Å². The SMILES string of the molecule is COc1cc(C)ccc1NC(C)c1ccn[nH]1. The van der Waals surface area contributed by atoms with Gasteiger partial charge in [-0.3, -0.25) is 5.10 Å². The van der Waals surface area contributed by atoms with Crippen molar-refractivity contribution >= 4 is 5.69 Å². The van der Waals surface area contributed by atoms with Gasteiger partial charge in [0, 0.05) is 6.20 Å². The van der Waals surface area contributed by atoms with E-state index >= 15 is 0 Å². The second kappa shape index (κ2) is 4.91. The lowest BCUT2D eigenvalue weighted by Crippen LogP contribution is -2.08. The molecule has 1 atom stereocenters. The monoisotopic (exact) mass is 231 g/mol. The van der Waals surface area contributed by atoms with Crippen molar-refractivity contribution in [2.75, 3.05) is 12.4 Å². The molecule has 1 heterocycles. The van der Waals surface area contributed by atoms with Crippen LogP contribution < -0.4 is 10.1 Å². The number of aryl methyl sites for hydroxylation is 1. The number of hydrogen-bond acceptors (Lipinski definition) is 3. The van der Waals surface area contributed by atoms with Crippen molar-refractivity contribution < 1.29 is 4.74 Å². The van der Waals surface area contributed by atoms with Crippen LogP contribution in [0.4, 0.5) is 5.69 Å². The molecule has 0 bridgehead atoms. The molecule has 90 valence electrons. The molecule has 4 nitrogen and oxygen atoms in total. The summed E-state index contributed by atoms with van der Waals surface area (Å²) in [5.41, 5.74) is 3.22. The first-order valence-electron chi connectivity index (χ1n) is 5.61. The smallest absolute Gasteiger partial charge is 0.142 e. The Morgan fingerprint density at radius 1 is 1.35 bits per heavy atom. The second-order valence-corrected chi connectivity index (χ2v) is 4.08. The zero-order valence-corrected chi connectivity index (χ0v) is 10.3. The van der Waals surface area contributed by atoms with Crippen molar-refractivity contribution in [2.24, 2.45) is 0 Å². The summed E-state index contributed by atoms with van der Waals surface area (Å²) in [6, 6.07) is 8.22. The van der Waals surface area contributed by atoms with Gasteiger partial charge in [-0.2, -0.15) is 5.10 Å². The van der Waals surface area contributed by atoms with Crippen molar-refractivity contribution in [2.45, 2.75) is 19.9 Å². The predicted octanol–water partition coefficient (Wildman–Crippen LogP) is 2.90. The van der Waals surface area contributed by atoms with Crippen LogP contribution in [0.5, 0.6) is 5.75 Å². The van der Waals surface area contributed by atoms with Gasteiger partial charge in [0.15, 0.2) is 0 Å². The highest BCUT2D eigenvalue weighted by atomic mass is 16.5. The van der Waals surface area contributed by atoms with Crippen LogP contribution in [-0.4, -0.2) is 17.3 Å². The molecular formula is C13H17N3O. The third-order valence-electron chi connectivity index (χ3n) is 2.72. The summed E-state index contributed by atoms with van der Waals surface area (Å²) in [6.45, 7) is 4.12. The second-order valence-electron chi connectivity index (χ2n) is 4.08. The van der Waals surface area contributed by atoms with Crippen LogP contribution in [0.25, 0.3) is 0 Å². The largest absolute Gasteiger partial charge is 0.495 e. The van der Waals surface area contributed by atoms with E-state index in [0.29, 0.717) is 0 Å². The van der Waals surface area contributed by atoms with E-state index in [-0.39, 0.29) is 6.04 Å². The third kappa shape index (κ3) is 2.58. The first-order chi connectivity index (χ1) is 8.20. The summed E-state index contributed by atoms with van der Waals surface area (Å²) in [7, 11) is 1.68. The molecule has 0 fully saturated rings. The first-order valence-corrected chi connectivity index (χ1v) is 5.61. The molecule has 2 aromatic rings. The van der Waals surface area contributed by atoms with Gasteiger partial charge in [-0.25, -0.2) is 0 Å². The van der Waals surface area contributed by atoms with Gasteiger partial charge < -0.3 is 10.1 Å². The van der Waals surface area contributed by atoms with E-state index in [9.17, 15) is 0 Å². The fourth-order valence-electron chi connectivity index (χ4n) is 1.74. The van der Waals surface area contributed by atoms with Crippen LogP contribution in [0.1, 0.15) is 24.2 Å². The van der Waals surface area contributed by atoms with Crippen LogP contribution in [0.2, 0.25) is 0 Å². The van der Waals surface area contributed by atoms with Gasteiger partial charge in [0.1, 0.15) is 5.75 Å². The van der Waals surface area contributed by atoms with E-state index in [1.807, 2.05) is 25.1 Å². The van der Waals surface area contributed by atoms with E-state index in [1.165, 1.54) is 5.56 Å². The summed E-state index contributed by atoms with van der Waals surface area (Å²) < 4.78 is 5.36. The molecule has 2 rings (SSSR count). The molecule has 0 saturated carbocycles. The standard InChI is InChI=1S/C13H17N3O/c1-9-4-5-12(13(8-9)17-3)15-10(2)11-6-7-14-16-11/h4-8,10,15H,1-3H3,(H,14,16). The number of aromatic amines is 1. The number of ether oxygens (including phenoxy) is 1. The van der Waals surface area contributed by atoms with Crippen molar-refractivity contribution in [3.8, 4) is 5.75 Å². The van der Waals surface area contributed by atoms with Gasteiger partial charge in [0.25, 0.3) is 0 Å². The Balaban J connectivity index is 2.18. The van der Waals surface area contributed by atoms with E-state index in [1.54, 1.807) is 13.3 Å². The molecule has 0 spiro atoms. The van der Waals surface area contributed by atoms with Gasteiger partial charge in [0.05, 0.1) is 24.5 Å². The maximum Gasteiger partial charge on any atom is 0.142 e. The summed E-state index contributed by atoms with van der Waals surface area (Å²) in [6.07, 6.45) is 1.75. The molecule has 0 radical (unpaired) electrons. The molecule has 4 heteroatoms. The number of methoxy groups -OCH3 is 1. The Morgan fingerprint density at radius 3 is 2.82 bits per heavy atom. The quantitative estimate of drug-likeness (QED) is 0.850. The number of nitrogens with zero attached hydrogens (tertiary/aromatic N) is 1. The van der Waals surface area contributed by atoms with Gasteiger partial charge >= 0.3 is 0 Å². The molecule has 0 amide bonds. The lowest BCUT2D eigenvalue weighted by atomic mass is 10.1. The molecule has 2 N–H and O–H groups in total. The predicted molar refractivity (Wildman–Crippen MR) is 68.4 cm³/mol. The topological polar surface area (TPSA) is 49.9 Å². The maximum atomic E-state index is 5.36. The summed E-state index contributed by atoms with van der Waals surface area (Å²) in [5.74, 6) is 0.858. The fraction of sp³-hybridized carbons (Fsp3) is 0.308. The van der Waals surface area contributed by atoms with Gasteiger partial charge in [0.2, 0.25) is 0 Å². The summed E-state index contributed by atoms with van der Waals surface area (Å²) >= 11 is 0. The van der Waals surface area contributed by atoms with Crippen LogP contribution in [-0.2, 0) is 0 Å². The highest BCUT2D eigenvalue weighted by Gasteiger charge is 2.09. The van der Waals surface area contributed by atoms with Crippen molar-refractivity contribution in [3.63, 3.8) is 0 Å². The van der Waals surface area contributed by atoms with E-state index < -0.39 is 0 Å². The van der Waals surface area contributed by atoms with Gasteiger partial charge in [-0.05, 0) is 37.6 Å². The Hall–Kier alpha value is -1.97. The first kappa shape index (κ1) is 11.5. The van der Waals surface area contributed by atoms with Crippen LogP contribution in [0.15, 0.2) is 30.5 Å². The molecule has 1 unspecified atom stereocenters. The number of nitrogens with one attached hydrogen (secondary N) is 2. The molecule has 0 aliphatic carbocycles. The lowest BCUT2D eigenvalue weighted by molar-refractivity contribution is 0.415. The number of benzene rings is 1. The van der Waals surface area contributed by atoms with Crippen LogP contribution in [0, 0.1) is 6.92 Å². The van der Waals surface area contributed by atoms with Gasteiger partial charge in [-0.1, -0.05) is 6.07 Å². The summed E-state index contributed by atoms with van der Waals surface area (Å²) in [5, 5.41) is 10.3. The van der Waals surface area contributed by atoms with Crippen molar-refractivity contribution in [1.82, 2.24) is 10.2 Å². The van der Waals surface area contributed by atoms with Crippen molar-refractivity contribution in [1.29, 1.82) is 0 Å². The third-order valence-corrected chi connectivity index (χ3v) is 2.72. The highest BCUT2D eigenvalue weighted by molar-refractivity contribution is 5.58. The molecule has 1 aromatic heterocycles. The lowest BCUT2D eigenvalue weighted by Gasteiger charge is -2.16. The Labute approximate surface area is 101 Å². The number of anilines is 1. The normalized spacial score (nSPS) is 12.2. The summed E-state index contributed by atoms with van der Waals surface area (Å²) in [4.78, 5) is 0. The highest BCUT2D eigenvalue weighted by Crippen LogP contribution is 2.28. The van der Waals surface area contributed by atoms with E-state index in [0.717, 1.165) is 17.1 Å². The Bertz CT molecular complexity index is 479. The van der Waals surface area contributed by atoms with Crippen LogP contribution >= 0.6 is 0 Å². The minimum Gasteiger partial charge on any atom is -0.495 e. The zero-order valence-electron chi connectivity index (χ0n) is 10.3. The Kier molecular flexibility index (Phi) is 3.32. The van der Waals surface area contributed by atoms with Crippen LogP contribution in [0.3, 0.4) is 0 Å². The van der Waals surface area contributed by atoms with Gasteiger partial charge in [-0.15, -0.1) is 0 Å². The van der Waals surface area contributed by atoms with E-state index in [2.05, 4.69) is 28.5 Å². The minimum absolute atomic E-state index is 0.161. The Morgan fingerprint density at radius 2 is 2.18 bits per heavy atom. The zero-order chi connectivity index (χ0) is 12.3. The fourth-order valence-corrected chi connectivity index (χ4v) is 1.74. The molecule has 1 aromatic carbocycles. The number of H-pyrrole nitrogens is 1. The number of aromatic nitrogens is 2. The minimum atomic E-state index is 0.161. The average molecular weight is 231 g/mol.